The van der Waals surface area contributed by atoms with Crippen LogP contribution < -0.4 is 15.6 Å². The van der Waals surface area contributed by atoms with Crippen molar-refractivity contribution in [3.63, 3.8) is 0 Å². The van der Waals surface area contributed by atoms with Crippen LogP contribution in [-0.4, -0.2) is 40.6 Å². The average molecular weight is 456 g/mol. The smallest absolute Gasteiger partial charge is 0.269 e. The Morgan fingerprint density at radius 3 is 2.55 bits per heavy atom. The van der Waals surface area contributed by atoms with Gasteiger partial charge >= 0.3 is 0 Å². The summed E-state index contributed by atoms with van der Waals surface area (Å²) in [5.74, 6) is -0.462. The number of para-hydroxylation sites is 1. The van der Waals surface area contributed by atoms with E-state index in [9.17, 15) is 14.4 Å². The van der Waals surface area contributed by atoms with E-state index in [1.165, 1.54) is 16.7 Å². The molecule has 7 nitrogen and oxygen atoms in total. The molecular formula is C22H21N3O4S2. The van der Waals surface area contributed by atoms with E-state index in [1.807, 2.05) is 43.3 Å². The van der Waals surface area contributed by atoms with Gasteiger partial charge in [-0.05, 0) is 31.2 Å². The number of ether oxygens (including phenoxy) is 1. The van der Waals surface area contributed by atoms with Crippen molar-refractivity contribution < 1.29 is 19.1 Å². The maximum Gasteiger partial charge on any atom is 0.269 e. The molecule has 3 amide bonds. The Morgan fingerprint density at radius 2 is 1.84 bits per heavy atom. The van der Waals surface area contributed by atoms with Crippen LogP contribution >= 0.6 is 24.0 Å². The fraction of sp³-hybridized carbons (Fsp3) is 0.182. The Kier molecular flexibility index (Phi) is 7.43. The van der Waals surface area contributed by atoms with Gasteiger partial charge in [0.25, 0.3) is 11.8 Å². The number of rotatable bonds is 6. The van der Waals surface area contributed by atoms with Gasteiger partial charge in [-0.25, -0.2) is 0 Å². The lowest BCUT2D eigenvalue weighted by Gasteiger charge is -2.14. The lowest BCUT2D eigenvalue weighted by molar-refractivity contribution is -0.124. The van der Waals surface area contributed by atoms with Crippen LogP contribution in [0.5, 0.6) is 5.75 Å². The van der Waals surface area contributed by atoms with Gasteiger partial charge < -0.3 is 4.74 Å². The second-order valence-electron chi connectivity index (χ2n) is 6.69. The maximum absolute atomic E-state index is 12.7. The molecule has 3 rings (SSSR count). The number of nitrogens with one attached hydrogen (secondary N) is 2. The topological polar surface area (TPSA) is 87.7 Å². The van der Waals surface area contributed by atoms with Crippen molar-refractivity contribution in [2.75, 3.05) is 13.7 Å². The summed E-state index contributed by atoms with van der Waals surface area (Å²) in [4.78, 5) is 38.7. The number of hydrogen-bond acceptors (Lipinski definition) is 6. The molecule has 0 saturated carbocycles. The monoisotopic (exact) mass is 455 g/mol. The number of benzene rings is 2. The largest absolute Gasteiger partial charge is 0.496 e. The quantitative estimate of drug-likeness (QED) is 0.396. The highest BCUT2D eigenvalue weighted by atomic mass is 32.2. The van der Waals surface area contributed by atoms with E-state index >= 15 is 0 Å². The molecule has 0 aromatic heterocycles. The van der Waals surface area contributed by atoms with Crippen LogP contribution in [0.15, 0.2) is 53.4 Å². The first kappa shape index (κ1) is 22.5. The number of thioether (sulfide) groups is 1. The Bertz CT molecular complexity index is 1050. The highest BCUT2D eigenvalue weighted by Gasteiger charge is 2.32. The Balaban J connectivity index is 1.54. The van der Waals surface area contributed by atoms with Crippen molar-refractivity contribution in [1.29, 1.82) is 0 Å². The summed E-state index contributed by atoms with van der Waals surface area (Å²) in [7, 11) is 1.56. The van der Waals surface area contributed by atoms with E-state index in [2.05, 4.69) is 10.9 Å². The molecule has 1 fully saturated rings. The molecular weight excluding hydrogens is 434 g/mol. The number of amides is 3. The van der Waals surface area contributed by atoms with Crippen LogP contribution in [-0.2, 0) is 9.59 Å². The van der Waals surface area contributed by atoms with Crippen LogP contribution in [0, 0.1) is 6.92 Å². The SMILES string of the molecule is COc1ccccc1/C=C1\SC(=S)N(CCC(=O)NNC(=O)c2ccc(C)cc2)C1=O. The number of nitrogens with zero attached hydrogens (tertiary/aromatic N) is 1. The van der Waals surface area contributed by atoms with Crippen molar-refractivity contribution >= 4 is 52.1 Å². The van der Waals surface area contributed by atoms with Gasteiger partial charge in [0.2, 0.25) is 5.91 Å². The number of hydrazine groups is 1. The first-order valence-electron chi connectivity index (χ1n) is 9.43. The minimum absolute atomic E-state index is 0.0114. The highest BCUT2D eigenvalue weighted by molar-refractivity contribution is 8.26. The van der Waals surface area contributed by atoms with E-state index in [0.717, 1.165) is 11.1 Å². The molecule has 1 heterocycles. The molecule has 0 bridgehead atoms. The van der Waals surface area contributed by atoms with Gasteiger partial charge in [0.15, 0.2) is 0 Å². The maximum atomic E-state index is 12.7. The number of hydrogen-bond donors (Lipinski definition) is 2. The van der Waals surface area contributed by atoms with Crippen molar-refractivity contribution in [3.8, 4) is 5.75 Å². The van der Waals surface area contributed by atoms with Crippen LogP contribution in [0.1, 0.15) is 27.9 Å². The van der Waals surface area contributed by atoms with Gasteiger partial charge in [0, 0.05) is 24.1 Å². The molecule has 0 atom stereocenters. The number of methoxy groups -OCH3 is 1. The first-order chi connectivity index (χ1) is 14.9. The lowest BCUT2D eigenvalue weighted by Crippen LogP contribution is -2.43. The number of carbonyl (C=O) groups is 3. The fourth-order valence-corrected chi connectivity index (χ4v) is 4.10. The van der Waals surface area contributed by atoms with Crippen molar-refractivity contribution in [1.82, 2.24) is 15.8 Å². The van der Waals surface area contributed by atoms with Crippen molar-refractivity contribution in [2.24, 2.45) is 0 Å². The average Bonchev–Trinajstić information content (AvgIpc) is 3.03. The third-order valence-electron chi connectivity index (χ3n) is 4.49. The Labute approximate surface area is 189 Å². The predicted octanol–water partition coefficient (Wildman–Crippen LogP) is 3.06. The van der Waals surface area contributed by atoms with Crippen LogP contribution in [0.4, 0.5) is 0 Å². The van der Waals surface area contributed by atoms with E-state index in [-0.39, 0.29) is 18.9 Å². The molecule has 0 aliphatic carbocycles. The second-order valence-corrected chi connectivity index (χ2v) is 8.37. The first-order valence-corrected chi connectivity index (χ1v) is 10.7. The molecule has 0 unspecified atom stereocenters. The third kappa shape index (κ3) is 5.71. The minimum atomic E-state index is -0.428. The summed E-state index contributed by atoms with van der Waals surface area (Å²) >= 11 is 6.48. The van der Waals surface area contributed by atoms with Gasteiger partial charge in [-0.15, -0.1) is 0 Å². The van der Waals surface area contributed by atoms with E-state index in [1.54, 1.807) is 25.3 Å². The fourth-order valence-electron chi connectivity index (χ4n) is 2.80. The van der Waals surface area contributed by atoms with Crippen molar-refractivity contribution in [2.45, 2.75) is 13.3 Å². The molecule has 0 spiro atoms. The molecule has 9 heteroatoms. The third-order valence-corrected chi connectivity index (χ3v) is 5.87. The van der Waals surface area contributed by atoms with E-state index in [4.69, 9.17) is 17.0 Å². The van der Waals surface area contributed by atoms with Gasteiger partial charge in [-0.1, -0.05) is 59.9 Å². The molecule has 31 heavy (non-hydrogen) atoms. The van der Waals surface area contributed by atoms with E-state index < -0.39 is 11.8 Å². The Morgan fingerprint density at radius 1 is 1.13 bits per heavy atom. The zero-order valence-electron chi connectivity index (χ0n) is 17.0. The number of carbonyl (C=O) groups excluding carboxylic acids is 3. The van der Waals surface area contributed by atoms with Gasteiger partial charge in [0.1, 0.15) is 10.1 Å². The molecule has 0 radical (unpaired) electrons. The van der Waals surface area contributed by atoms with Crippen LogP contribution in [0.3, 0.4) is 0 Å². The molecule has 160 valence electrons. The number of aryl methyl sites for hydroxylation is 1. The van der Waals surface area contributed by atoms with Crippen LogP contribution in [0.25, 0.3) is 6.08 Å². The summed E-state index contributed by atoms with van der Waals surface area (Å²) in [5.41, 5.74) is 6.95. The second kappa shape index (κ2) is 10.2. The van der Waals surface area contributed by atoms with E-state index in [0.29, 0.717) is 20.5 Å². The van der Waals surface area contributed by atoms with Crippen molar-refractivity contribution in [3.05, 3.63) is 70.1 Å². The van der Waals surface area contributed by atoms with Gasteiger partial charge in [0.05, 0.1) is 12.0 Å². The lowest BCUT2D eigenvalue weighted by atomic mass is 10.1. The van der Waals surface area contributed by atoms with Crippen LogP contribution in [0.2, 0.25) is 0 Å². The summed E-state index contributed by atoms with van der Waals surface area (Å²) in [6, 6.07) is 14.3. The van der Waals surface area contributed by atoms with Gasteiger partial charge in [-0.3, -0.25) is 30.1 Å². The van der Waals surface area contributed by atoms with Gasteiger partial charge in [-0.2, -0.15) is 0 Å². The summed E-state index contributed by atoms with van der Waals surface area (Å²) in [6.45, 7) is 2.03. The summed E-state index contributed by atoms with van der Waals surface area (Å²) in [5, 5.41) is 0. The molecule has 2 N–H and O–H groups in total. The minimum Gasteiger partial charge on any atom is -0.496 e. The Hall–Kier alpha value is -3.17. The molecule has 1 saturated heterocycles. The number of thiocarbonyl (C=S) groups is 1. The molecule has 1 aliphatic rings. The highest BCUT2D eigenvalue weighted by Crippen LogP contribution is 2.34. The normalized spacial score (nSPS) is 14.6. The zero-order valence-corrected chi connectivity index (χ0v) is 18.6. The molecule has 1 aliphatic heterocycles. The zero-order chi connectivity index (χ0) is 22.4. The predicted molar refractivity (Wildman–Crippen MR) is 124 cm³/mol. The summed E-state index contributed by atoms with van der Waals surface area (Å²) in [6.07, 6.45) is 1.71. The standard InChI is InChI=1S/C22H21N3O4S2/c1-14-7-9-15(10-8-14)20(27)24-23-19(26)11-12-25-21(28)18(31-22(25)30)13-16-5-3-4-6-17(16)29-2/h3-10,13H,11-12H2,1-2H3,(H,23,26)(H,24,27)/b18-13-. The molecule has 2 aromatic carbocycles. The molecule has 2 aromatic rings. The summed E-state index contributed by atoms with van der Waals surface area (Å²) < 4.78 is 5.69.